The Kier molecular flexibility index (Phi) is 6.79. The minimum Gasteiger partial charge on any atom is -0.396 e. The molecule has 1 heterocycles. The van der Waals surface area contributed by atoms with E-state index >= 15 is 0 Å². The minimum atomic E-state index is -3.37. The molecule has 2 N–H and O–H groups in total. The van der Waals surface area contributed by atoms with Gasteiger partial charge in [0.1, 0.15) is 0 Å². The average Bonchev–Trinajstić information content (AvgIpc) is 2.35. The molecule has 0 aromatic carbocycles. The normalized spacial score (nSPS) is 21.9. The molecule has 1 atom stereocenters. The Morgan fingerprint density at radius 1 is 1.47 bits per heavy atom. The Morgan fingerprint density at radius 3 is 2.82 bits per heavy atom. The fourth-order valence-corrected chi connectivity index (χ4v) is 4.04. The highest BCUT2D eigenvalue weighted by Gasteiger charge is 2.20. The summed E-state index contributed by atoms with van der Waals surface area (Å²) >= 11 is 1.85. The molecule has 102 valence electrons. The molecule has 0 amide bonds. The number of hydrogen-bond donors (Lipinski definition) is 2. The summed E-state index contributed by atoms with van der Waals surface area (Å²) in [5.74, 6) is 1.13. The first kappa shape index (κ1) is 15.2. The maximum Gasteiger partial charge on any atom is 0.279 e. The molecule has 5 nitrogen and oxygen atoms in total. The summed E-state index contributed by atoms with van der Waals surface area (Å²) in [6, 6.07) is 0. The van der Waals surface area contributed by atoms with Crippen molar-refractivity contribution in [2.45, 2.75) is 30.9 Å². The van der Waals surface area contributed by atoms with Gasteiger partial charge in [-0.2, -0.15) is 24.5 Å². The first-order valence-corrected chi connectivity index (χ1v) is 8.48. The van der Waals surface area contributed by atoms with Gasteiger partial charge in [0.05, 0.1) is 0 Å². The number of aliphatic hydroxyl groups excluding tert-OH is 1. The van der Waals surface area contributed by atoms with Gasteiger partial charge >= 0.3 is 0 Å². The van der Waals surface area contributed by atoms with Gasteiger partial charge in [-0.05, 0) is 25.0 Å². The average molecular weight is 282 g/mol. The summed E-state index contributed by atoms with van der Waals surface area (Å²) < 4.78 is 27.5. The first-order valence-electron chi connectivity index (χ1n) is 5.99. The number of nitrogens with one attached hydrogen (secondary N) is 1. The van der Waals surface area contributed by atoms with Crippen molar-refractivity contribution >= 4 is 22.0 Å². The van der Waals surface area contributed by atoms with Crippen LogP contribution in [0.5, 0.6) is 0 Å². The monoisotopic (exact) mass is 282 g/mol. The number of hydrogen-bond acceptors (Lipinski definition) is 4. The van der Waals surface area contributed by atoms with Crippen LogP contribution in [-0.4, -0.2) is 55.6 Å². The third-order valence-electron chi connectivity index (χ3n) is 2.81. The molecular weight excluding hydrogens is 260 g/mol. The first-order chi connectivity index (χ1) is 8.06. The summed E-state index contributed by atoms with van der Waals surface area (Å²) in [5, 5.41) is 9.08. The van der Waals surface area contributed by atoms with Gasteiger partial charge in [0.15, 0.2) is 0 Å². The fraction of sp³-hybridized carbons (Fsp3) is 1.00. The standard InChI is InChI=1S/C10H22N2O3S2/c1-12(6-4-7-13)17(14,15)11-9-10-5-2-3-8-16-10/h10-11,13H,2-9H2,1H3. The van der Waals surface area contributed by atoms with Crippen LogP contribution >= 0.6 is 11.8 Å². The summed E-state index contributed by atoms with van der Waals surface area (Å²) in [6.07, 6.45) is 3.99. The van der Waals surface area contributed by atoms with Crippen molar-refractivity contribution in [2.24, 2.45) is 0 Å². The van der Waals surface area contributed by atoms with Crippen LogP contribution in [0.2, 0.25) is 0 Å². The van der Waals surface area contributed by atoms with E-state index in [0.29, 0.717) is 24.8 Å². The predicted molar refractivity (Wildman–Crippen MR) is 71.4 cm³/mol. The molecule has 1 fully saturated rings. The van der Waals surface area contributed by atoms with Crippen molar-refractivity contribution in [1.29, 1.82) is 0 Å². The number of aliphatic hydroxyl groups is 1. The maximum atomic E-state index is 11.8. The number of nitrogens with zero attached hydrogens (tertiary/aromatic N) is 1. The molecule has 0 aromatic rings. The zero-order chi connectivity index (χ0) is 12.7. The largest absolute Gasteiger partial charge is 0.396 e. The van der Waals surface area contributed by atoms with Crippen molar-refractivity contribution in [2.75, 3.05) is 32.5 Å². The third kappa shape index (κ3) is 5.56. The maximum absolute atomic E-state index is 11.8. The van der Waals surface area contributed by atoms with Crippen LogP contribution in [-0.2, 0) is 10.2 Å². The van der Waals surface area contributed by atoms with Crippen molar-refractivity contribution < 1.29 is 13.5 Å². The van der Waals surface area contributed by atoms with Crippen LogP contribution in [0.3, 0.4) is 0 Å². The van der Waals surface area contributed by atoms with Crippen molar-refractivity contribution in [3.05, 3.63) is 0 Å². The smallest absolute Gasteiger partial charge is 0.279 e. The van der Waals surface area contributed by atoms with Gasteiger partial charge in [-0.25, -0.2) is 4.72 Å². The lowest BCUT2D eigenvalue weighted by molar-refractivity contribution is 0.275. The lowest BCUT2D eigenvalue weighted by Crippen LogP contribution is -2.41. The Morgan fingerprint density at radius 2 is 2.24 bits per heavy atom. The van der Waals surface area contributed by atoms with E-state index in [1.165, 1.54) is 24.2 Å². The van der Waals surface area contributed by atoms with Crippen molar-refractivity contribution in [1.82, 2.24) is 9.03 Å². The fourth-order valence-electron chi connectivity index (χ4n) is 1.69. The van der Waals surface area contributed by atoms with E-state index in [4.69, 9.17) is 5.11 Å². The summed E-state index contributed by atoms with van der Waals surface area (Å²) in [7, 11) is -1.84. The second kappa shape index (κ2) is 7.58. The Balaban J connectivity index is 2.32. The molecule has 7 heteroatoms. The lowest BCUT2D eigenvalue weighted by atomic mass is 10.2. The SMILES string of the molecule is CN(CCCO)S(=O)(=O)NCC1CCCCS1. The summed E-state index contributed by atoms with van der Waals surface area (Å²) in [4.78, 5) is 0. The molecule has 0 aromatic heterocycles. The topological polar surface area (TPSA) is 69.6 Å². The highest BCUT2D eigenvalue weighted by molar-refractivity contribution is 8.00. The van der Waals surface area contributed by atoms with E-state index in [9.17, 15) is 8.42 Å². The van der Waals surface area contributed by atoms with E-state index in [2.05, 4.69) is 4.72 Å². The summed E-state index contributed by atoms with van der Waals surface area (Å²) in [5.41, 5.74) is 0. The third-order valence-corrected chi connectivity index (χ3v) is 5.74. The molecular formula is C10H22N2O3S2. The van der Waals surface area contributed by atoms with Crippen LogP contribution in [0.4, 0.5) is 0 Å². The second-order valence-electron chi connectivity index (χ2n) is 4.24. The van der Waals surface area contributed by atoms with E-state index in [1.54, 1.807) is 0 Å². The highest BCUT2D eigenvalue weighted by atomic mass is 32.2. The molecule has 1 saturated heterocycles. The molecule has 0 aliphatic carbocycles. The van der Waals surface area contributed by atoms with E-state index in [1.807, 2.05) is 11.8 Å². The minimum absolute atomic E-state index is 0.0122. The van der Waals surface area contributed by atoms with Gasteiger partial charge in [0.2, 0.25) is 0 Å². The highest BCUT2D eigenvalue weighted by Crippen LogP contribution is 2.24. The van der Waals surface area contributed by atoms with Gasteiger partial charge < -0.3 is 5.11 Å². The van der Waals surface area contributed by atoms with Gasteiger partial charge in [-0.1, -0.05) is 6.42 Å². The number of rotatable bonds is 7. The van der Waals surface area contributed by atoms with Crippen LogP contribution in [0.25, 0.3) is 0 Å². The van der Waals surface area contributed by atoms with Crippen LogP contribution in [0, 0.1) is 0 Å². The zero-order valence-corrected chi connectivity index (χ0v) is 11.9. The van der Waals surface area contributed by atoms with Gasteiger partial charge in [0, 0.05) is 32.0 Å². The molecule has 0 spiro atoms. The molecule has 17 heavy (non-hydrogen) atoms. The van der Waals surface area contributed by atoms with E-state index < -0.39 is 10.2 Å². The number of thioether (sulfide) groups is 1. The van der Waals surface area contributed by atoms with Gasteiger partial charge in [0.25, 0.3) is 10.2 Å². The Labute approximate surface area is 108 Å². The molecule has 1 rings (SSSR count). The van der Waals surface area contributed by atoms with Crippen LogP contribution in [0.15, 0.2) is 0 Å². The van der Waals surface area contributed by atoms with E-state index in [0.717, 1.165) is 12.2 Å². The van der Waals surface area contributed by atoms with Crippen molar-refractivity contribution in [3.63, 3.8) is 0 Å². The van der Waals surface area contributed by atoms with Crippen molar-refractivity contribution in [3.8, 4) is 0 Å². The Hall–Kier alpha value is 0.180. The van der Waals surface area contributed by atoms with Crippen LogP contribution in [0.1, 0.15) is 25.7 Å². The quantitative estimate of drug-likeness (QED) is 0.710. The van der Waals surface area contributed by atoms with Gasteiger partial charge in [-0.3, -0.25) is 0 Å². The van der Waals surface area contributed by atoms with Crippen LogP contribution < -0.4 is 4.72 Å². The van der Waals surface area contributed by atoms with E-state index in [-0.39, 0.29) is 6.61 Å². The molecule has 1 aliphatic rings. The van der Waals surface area contributed by atoms with Gasteiger partial charge in [-0.15, -0.1) is 0 Å². The summed E-state index contributed by atoms with van der Waals surface area (Å²) in [6.45, 7) is 0.873. The lowest BCUT2D eigenvalue weighted by Gasteiger charge is -2.23. The molecule has 0 saturated carbocycles. The molecule has 0 bridgehead atoms. The molecule has 0 radical (unpaired) electrons. The predicted octanol–water partition coefficient (Wildman–Crippen LogP) is 0.421. The zero-order valence-electron chi connectivity index (χ0n) is 10.3. The molecule has 1 unspecified atom stereocenters. The Bertz CT molecular complexity index is 303. The second-order valence-corrected chi connectivity index (χ2v) is 7.51. The molecule has 1 aliphatic heterocycles.